The number of rotatable bonds is 6. The third kappa shape index (κ3) is 4.13. The molecule has 0 aliphatic carbocycles. The van der Waals surface area contributed by atoms with Crippen molar-refractivity contribution < 1.29 is 13.9 Å². The van der Waals surface area contributed by atoms with Crippen molar-refractivity contribution >= 4 is 5.78 Å². The van der Waals surface area contributed by atoms with Gasteiger partial charge >= 0.3 is 0 Å². The van der Waals surface area contributed by atoms with Crippen LogP contribution < -0.4 is 4.74 Å². The molecule has 0 amide bonds. The molecule has 2 rings (SSSR count). The third-order valence-electron chi connectivity index (χ3n) is 3.18. The van der Waals surface area contributed by atoms with Crippen molar-refractivity contribution in [2.75, 3.05) is 20.7 Å². The molecule has 0 aliphatic heterocycles. The van der Waals surface area contributed by atoms with Gasteiger partial charge in [0.15, 0.2) is 17.3 Å². The highest BCUT2D eigenvalue weighted by molar-refractivity contribution is 5.97. The van der Waals surface area contributed by atoms with Crippen LogP contribution in [0.2, 0.25) is 0 Å². The summed E-state index contributed by atoms with van der Waals surface area (Å²) in [5, 5.41) is 0. The van der Waals surface area contributed by atoms with Crippen molar-refractivity contribution in [2.24, 2.45) is 0 Å². The van der Waals surface area contributed by atoms with Crippen LogP contribution >= 0.6 is 0 Å². The zero-order valence-electron chi connectivity index (χ0n) is 12.2. The van der Waals surface area contributed by atoms with E-state index in [1.165, 1.54) is 13.2 Å². The molecule has 0 aromatic heterocycles. The summed E-state index contributed by atoms with van der Waals surface area (Å²) in [5.74, 6) is -0.119. The maximum atomic E-state index is 13.6. The molecular weight excluding hydrogens is 269 g/mol. The van der Waals surface area contributed by atoms with Gasteiger partial charge in [0.1, 0.15) is 0 Å². The summed E-state index contributed by atoms with van der Waals surface area (Å²) < 4.78 is 18.5. The number of hydrogen-bond acceptors (Lipinski definition) is 3. The molecule has 0 radical (unpaired) electrons. The standard InChI is InChI=1S/C17H18FNO2/c1-19(12-16(20)14-6-4-3-5-7-14)11-13-8-9-17(21-2)15(18)10-13/h3-10H,11-12H2,1-2H3. The molecule has 4 heteroatoms. The number of methoxy groups -OCH3 is 1. The van der Waals surface area contributed by atoms with E-state index in [2.05, 4.69) is 0 Å². The minimum absolute atomic E-state index is 0.0482. The van der Waals surface area contributed by atoms with E-state index in [0.717, 1.165) is 5.56 Å². The van der Waals surface area contributed by atoms with Gasteiger partial charge in [-0.15, -0.1) is 0 Å². The molecule has 110 valence electrons. The second-order valence-corrected chi connectivity index (χ2v) is 4.93. The van der Waals surface area contributed by atoms with Gasteiger partial charge in [0.25, 0.3) is 0 Å². The summed E-state index contributed by atoms with van der Waals surface area (Å²) in [7, 11) is 3.27. The SMILES string of the molecule is COc1ccc(CN(C)CC(=O)c2ccccc2)cc1F. The second kappa shape index (κ2) is 6.99. The first-order valence-electron chi connectivity index (χ1n) is 6.69. The zero-order valence-corrected chi connectivity index (χ0v) is 12.2. The van der Waals surface area contributed by atoms with E-state index in [9.17, 15) is 9.18 Å². The first kappa shape index (κ1) is 15.2. The number of Topliss-reactive ketones (excluding diaryl/α,β-unsaturated/α-hetero) is 1. The molecule has 0 aliphatic rings. The Labute approximate surface area is 124 Å². The molecule has 0 unspecified atom stereocenters. The van der Waals surface area contributed by atoms with Gasteiger partial charge in [0.05, 0.1) is 13.7 Å². The number of nitrogens with zero attached hydrogens (tertiary/aromatic N) is 1. The number of carbonyl (C=O) groups excluding carboxylic acids is 1. The van der Waals surface area contributed by atoms with E-state index in [4.69, 9.17) is 4.74 Å². The highest BCUT2D eigenvalue weighted by Gasteiger charge is 2.10. The monoisotopic (exact) mass is 287 g/mol. The van der Waals surface area contributed by atoms with Crippen LogP contribution in [0.25, 0.3) is 0 Å². The number of benzene rings is 2. The van der Waals surface area contributed by atoms with Crippen molar-refractivity contribution in [3.05, 3.63) is 65.5 Å². The molecule has 0 bridgehead atoms. The number of likely N-dealkylation sites (N-methyl/N-ethyl adjacent to an activating group) is 1. The number of ketones is 1. The van der Waals surface area contributed by atoms with Crippen LogP contribution in [0, 0.1) is 5.82 Å². The number of hydrogen-bond donors (Lipinski definition) is 0. The number of ether oxygens (including phenoxy) is 1. The summed E-state index contributed by atoms with van der Waals surface area (Å²) in [6, 6.07) is 14.0. The fourth-order valence-corrected chi connectivity index (χ4v) is 2.14. The van der Waals surface area contributed by atoms with E-state index in [-0.39, 0.29) is 18.1 Å². The normalized spacial score (nSPS) is 10.7. The van der Waals surface area contributed by atoms with Crippen molar-refractivity contribution in [1.29, 1.82) is 0 Å². The van der Waals surface area contributed by atoms with Gasteiger partial charge in [-0.05, 0) is 24.7 Å². The number of carbonyl (C=O) groups is 1. The predicted octanol–water partition coefficient (Wildman–Crippen LogP) is 3.15. The lowest BCUT2D eigenvalue weighted by Crippen LogP contribution is -2.25. The minimum atomic E-state index is -0.391. The maximum absolute atomic E-state index is 13.6. The Morgan fingerprint density at radius 2 is 1.90 bits per heavy atom. The molecule has 0 fully saturated rings. The van der Waals surface area contributed by atoms with Crippen LogP contribution in [0.1, 0.15) is 15.9 Å². The molecule has 0 N–H and O–H groups in total. The molecule has 0 saturated carbocycles. The van der Waals surface area contributed by atoms with E-state index in [0.29, 0.717) is 12.1 Å². The predicted molar refractivity (Wildman–Crippen MR) is 80.1 cm³/mol. The first-order chi connectivity index (χ1) is 10.1. The molecule has 0 saturated heterocycles. The molecule has 2 aromatic rings. The number of halogens is 1. The van der Waals surface area contributed by atoms with Crippen molar-refractivity contribution in [3.63, 3.8) is 0 Å². The van der Waals surface area contributed by atoms with Gasteiger partial charge in [-0.3, -0.25) is 9.69 Å². The molecule has 21 heavy (non-hydrogen) atoms. The van der Waals surface area contributed by atoms with Crippen molar-refractivity contribution in [1.82, 2.24) is 4.90 Å². The summed E-state index contributed by atoms with van der Waals surface area (Å²) in [4.78, 5) is 13.9. The molecule has 0 heterocycles. The summed E-state index contributed by atoms with van der Waals surface area (Å²) in [5.41, 5.74) is 1.49. The van der Waals surface area contributed by atoms with E-state index < -0.39 is 5.82 Å². The van der Waals surface area contributed by atoms with Crippen molar-refractivity contribution in [2.45, 2.75) is 6.54 Å². The van der Waals surface area contributed by atoms with E-state index in [1.54, 1.807) is 24.3 Å². The average molecular weight is 287 g/mol. The fourth-order valence-electron chi connectivity index (χ4n) is 2.14. The van der Waals surface area contributed by atoms with Gasteiger partial charge < -0.3 is 4.74 Å². The third-order valence-corrected chi connectivity index (χ3v) is 3.18. The van der Waals surface area contributed by atoms with Gasteiger partial charge in [-0.1, -0.05) is 36.4 Å². The fraction of sp³-hybridized carbons (Fsp3) is 0.235. The average Bonchev–Trinajstić information content (AvgIpc) is 2.48. The smallest absolute Gasteiger partial charge is 0.176 e. The highest BCUT2D eigenvalue weighted by Crippen LogP contribution is 2.18. The summed E-state index contributed by atoms with van der Waals surface area (Å²) >= 11 is 0. The van der Waals surface area contributed by atoms with Gasteiger partial charge in [0, 0.05) is 12.1 Å². The largest absolute Gasteiger partial charge is 0.494 e. The molecular formula is C17H18FNO2. The Bertz CT molecular complexity index is 613. The lowest BCUT2D eigenvalue weighted by Gasteiger charge is -2.16. The second-order valence-electron chi connectivity index (χ2n) is 4.93. The lowest BCUT2D eigenvalue weighted by atomic mass is 10.1. The van der Waals surface area contributed by atoms with E-state index in [1.807, 2.05) is 30.1 Å². The maximum Gasteiger partial charge on any atom is 0.176 e. The summed E-state index contributed by atoms with van der Waals surface area (Å²) in [6.45, 7) is 0.789. The van der Waals surface area contributed by atoms with Crippen LogP contribution in [-0.4, -0.2) is 31.4 Å². The summed E-state index contributed by atoms with van der Waals surface area (Å²) in [6.07, 6.45) is 0. The Kier molecular flexibility index (Phi) is 5.06. The Balaban J connectivity index is 1.97. The Hall–Kier alpha value is -2.20. The zero-order chi connectivity index (χ0) is 15.2. The first-order valence-corrected chi connectivity index (χ1v) is 6.69. The minimum Gasteiger partial charge on any atom is -0.494 e. The topological polar surface area (TPSA) is 29.5 Å². The van der Waals surface area contributed by atoms with Gasteiger partial charge in [-0.25, -0.2) is 4.39 Å². The quantitative estimate of drug-likeness (QED) is 0.764. The molecule has 0 atom stereocenters. The van der Waals surface area contributed by atoms with Gasteiger partial charge in [-0.2, -0.15) is 0 Å². The van der Waals surface area contributed by atoms with E-state index >= 15 is 0 Å². The molecule has 0 spiro atoms. The van der Waals surface area contributed by atoms with Crippen LogP contribution in [0.4, 0.5) is 4.39 Å². The Morgan fingerprint density at radius 1 is 1.19 bits per heavy atom. The van der Waals surface area contributed by atoms with Gasteiger partial charge in [0.2, 0.25) is 0 Å². The lowest BCUT2D eigenvalue weighted by molar-refractivity contribution is 0.0943. The van der Waals surface area contributed by atoms with Crippen LogP contribution in [0.3, 0.4) is 0 Å². The van der Waals surface area contributed by atoms with Crippen LogP contribution in [0.5, 0.6) is 5.75 Å². The van der Waals surface area contributed by atoms with Crippen LogP contribution in [0.15, 0.2) is 48.5 Å². The highest BCUT2D eigenvalue weighted by atomic mass is 19.1. The molecule has 3 nitrogen and oxygen atoms in total. The van der Waals surface area contributed by atoms with Crippen molar-refractivity contribution in [3.8, 4) is 5.75 Å². The Morgan fingerprint density at radius 3 is 2.52 bits per heavy atom. The van der Waals surface area contributed by atoms with Crippen LogP contribution in [-0.2, 0) is 6.54 Å². The molecule has 2 aromatic carbocycles.